The Balaban J connectivity index is -0.000000166. The molecule has 0 aliphatic rings. The molecule has 8 N–H and O–H groups in total. The molecule has 0 aliphatic heterocycles. The number of carbonyl (C=O) groups is 8. The quantitative estimate of drug-likeness (QED) is 0.0263. The van der Waals surface area contributed by atoms with E-state index in [4.69, 9.17) is 40.9 Å². The first kappa shape index (κ1) is 114. The molecule has 0 aliphatic carbocycles. The van der Waals surface area contributed by atoms with Crippen molar-refractivity contribution in [2.24, 2.45) is 0 Å². The lowest BCUT2D eigenvalue weighted by atomic mass is 10.0. The molecule has 0 rings (SSSR count). The Morgan fingerprint density at radius 3 is 0.235 bits per heavy atom. The van der Waals surface area contributed by atoms with Crippen molar-refractivity contribution in [2.75, 3.05) is 0 Å². The molecule has 612 valence electrons. The van der Waals surface area contributed by atoms with Gasteiger partial charge in [0.25, 0.3) is 0 Å². The van der Waals surface area contributed by atoms with E-state index in [0.717, 1.165) is 103 Å². The molecule has 0 spiro atoms. The third-order valence-electron chi connectivity index (χ3n) is 17.5. The molecular weight excluding hydrogens is 1290 g/mol. The molecule has 0 aromatic carbocycles. The number of aliphatic carboxylic acids is 8. The van der Waals surface area contributed by atoms with Gasteiger partial charge >= 0.3 is 47.8 Å². The summed E-state index contributed by atoms with van der Waals surface area (Å²) < 4.78 is 0. The van der Waals surface area contributed by atoms with Crippen LogP contribution in [0.1, 0.15) is 505 Å². The zero-order valence-corrected chi connectivity index (χ0v) is 68.3. The van der Waals surface area contributed by atoms with Crippen molar-refractivity contribution in [1.29, 1.82) is 0 Å². The largest absolute Gasteiger partial charge is 0.481 e. The zero-order valence-electron chi connectivity index (χ0n) is 68.3. The number of hydrogen-bond acceptors (Lipinski definition) is 8. The van der Waals surface area contributed by atoms with Crippen molar-refractivity contribution >= 4 is 47.8 Å². The van der Waals surface area contributed by atoms with Crippen LogP contribution in [0.4, 0.5) is 0 Å². The molecule has 0 radical (unpaired) electrons. The second-order valence-electron chi connectivity index (χ2n) is 28.2. The number of unbranched alkanes of at least 4 members (excludes halogenated alkanes) is 54. The molecule has 16 nitrogen and oxygen atoms in total. The highest BCUT2D eigenvalue weighted by Gasteiger charge is 2.03. The van der Waals surface area contributed by atoms with Crippen LogP contribution in [-0.2, 0) is 38.4 Å². The maximum absolute atomic E-state index is 10.3. The van der Waals surface area contributed by atoms with Gasteiger partial charge in [-0.1, -0.05) is 402 Å². The first-order valence-electron chi connectivity index (χ1n) is 42.9. The summed E-state index contributed by atoms with van der Waals surface area (Å²) in [4.78, 5) is 81.2. The van der Waals surface area contributed by atoms with Gasteiger partial charge < -0.3 is 40.9 Å². The lowest BCUT2D eigenvalue weighted by molar-refractivity contribution is -0.138. The van der Waals surface area contributed by atoms with Gasteiger partial charge in [0.1, 0.15) is 0 Å². The lowest BCUT2D eigenvalue weighted by Crippen LogP contribution is -1.93. The van der Waals surface area contributed by atoms with Gasteiger partial charge in [-0.2, -0.15) is 0 Å². The van der Waals surface area contributed by atoms with Crippen LogP contribution in [0.25, 0.3) is 0 Å². The molecule has 0 aromatic heterocycles. The number of rotatable bonds is 70. The molecule has 0 heterocycles. The minimum Gasteiger partial charge on any atom is -0.481 e. The molecule has 102 heavy (non-hydrogen) atoms. The highest BCUT2D eigenvalue weighted by molar-refractivity contribution is 5.68. The standard InChI is InChI=1S/C16H32O2.7C10H20O2/c1-2-3-4-5-6-7-8-9-10-11-12-13-14-15-16(17)18;7*1-2-3-4-5-6-7-8-9-10(11)12/h2-15H2,1H3,(H,17,18);7*2-9H2,1H3,(H,11,12). The summed E-state index contributed by atoms with van der Waals surface area (Å²) in [5.74, 6) is -5.30. The Bertz CT molecular complexity index is 1380. The Kier molecular flexibility index (Phi) is 123. The van der Waals surface area contributed by atoms with Gasteiger partial charge in [0, 0.05) is 51.4 Å². The van der Waals surface area contributed by atoms with Crippen molar-refractivity contribution in [3.63, 3.8) is 0 Å². The van der Waals surface area contributed by atoms with Crippen molar-refractivity contribution in [1.82, 2.24) is 0 Å². The SMILES string of the molecule is CCCCCCCCCC(=O)O.CCCCCCCCCC(=O)O.CCCCCCCCCC(=O)O.CCCCCCCCCC(=O)O.CCCCCCCCCC(=O)O.CCCCCCCCCC(=O)O.CCCCCCCCCC(=O)O.CCCCCCCCCCCCCCCC(=O)O. The van der Waals surface area contributed by atoms with E-state index in [0.29, 0.717) is 51.4 Å². The van der Waals surface area contributed by atoms with Gasteiger partial charge in [-0.3, -0.25) is 38.4 Å². The molecule has 16 heteroatoms. The molecule has 0 amide bonds. The van der Waals surface area contributed by atoms with E-state index >= 15 is 0 Å². The zero-order chi connectivity index (χ0) is 78.1. The summed E-state index contributed by atoms with van der Waals surface area (Å²) in [5.41, 5.74) is 0. The number of carboxylic acids is 8. The van der Waals surface area contributed by atoms with E-state index in [1.807, 2.05) is 0 Å². The van der Waals surface area contributed by atoms with Crippen LogP contribution in [0.15, 0.2) is 0 Å². The minimum atomic E-state index is -0.663. The lowest BCUT2D eigenvalue weighted by Gasteiger charge is -2.02. The summed E-state index contributed by atoms with van der Waals surface area (Å²) in [6.45, 7) is 17.7. The third kappa shape index (κ3) is 158. The monoisotopic (exact) mass is 1460 g/mol. The highest BCUT2D eigenvalue weighted by Crippen LogP contribution is 2.16. The van der Waals surface area contributed by atoms with E-state index in [-0.39, 0.29) is 0 Å². The van der Waals surface area contributed by atoms with Gasteiger partial charge in [0.15, 0.2) is 0 Å². The summed E-state index contributed by atoms with van der Waals surface area (Å²) in [6.07, 6.45) is 77.8. The van der Waals surface area contributed by atoms with Crippen molar-refractivity contribution in [3.8, 4) is 0 Å². The third-order valence-corrected chi connectivity index (χ3v) is 17.5. The molecule has 0 saturated heterocycles. The van der Waals surface area contributed by atoms with Gasteiger partial charge in [-0.05, 0) is 51.4 Å². The summed E-state index contributed by atoms with van der Waals surface area (Å²) in [6, 6.07) is 0. The fourth-order valence-electron chi connectivity index (χ4n) is 10.9. The fourth-order valence-corrected chi connectivity index (χ4v) is 10.9. The van der Waals surface area contributed by atoms with E-state index in [9.17, 15) is 38.4 Å². The Labute approximate surface area is 628 Å². The molecule has 0 bridgehead atoms. The molecule has 0 aromatic rings. The van der Waals surface area contributed by atoms with Gasteiger partial charge in [-0.15, -0.1) is 0 Å². The van der Waals surface area contributed by atoms with Crippen molar-refractivity contribution < 1.29 is 79.2 Å². The van der Waals surface area contributed by atoms with Crippen LogP contribution in [0.3, 0.4) is 0 Å². The van der Waals surface area contributed by atoms with E-state index < -0.39 is 47.8 Å². The normalized spacial score (nSPS) is 10.2. The predicted octanol–water partition coefficient (Wildman–Crippen LogP) is 28.0. The average molecular weight is 1460 g/mol. The first-order valence-corrected chi connectivity index (χ1v) is 42.9. The summed E-state index contributed by atoms with van der Waals surface area (Å²) in [7, 11) is 0. The average Bonchev–Trinajstić information content (AvgIpc) is 3.78. The number of hydrogen-bond donors (Lipinski definition) is 8. The summed E-state index contributed by atoms with van der Waals surface area (Å²) in [5, 5.41) is 67.0. The van der Waals surface area contributed by atoms with Gasteiger partial charge in [0.05, 0.1) is 0 Å². The molecular formula is C86H172O16. The van der Waals surface area contributed by atoms with Crippen LogP contribution >= 0.6 is 0 Å². The van der Waals surface area contributed by atoms with Crippen LogP contribution in [0.2, 0.25) is 0 Å². The summed E-state index contributed by atoms with van der Waals surface area (Å²) >= 11 is 0. The molecule has 0 saturated carbocycles. The smallest absolute Gasteiger partial charge is 0.303 e. The second kappa shape index (κ2) is 110. The Morgan fingerprint density at radius 1 is 0.118 bits per heavy atom. The first-order chi connectivity index (χ1) is 49.2. The van der Waals surface area contributed by atoms with Gasteiger partial charge in [0.2, 0.25) is 0 Å². The molecule has 0 unspecified atom stereocenters. The fraction of sp³-hybridized carbons (Fsp3) is 0.907. The topological polar surface area (TPSA) is 298 Å². The Morgan fingerprint density at radius 2 is 0.176 bits per heavy atom. The van der Waals surface area contributed by atoms with Crippen LogP contribution < -0.4 is 0 Å². The van der Waals surface area contributed by atoms with E-state index in [1.165, 1.54) is 295 Å². The van der Waals surface area contributed by atoms with Crippen LogP contribution in [0, 0.1) is 0 Å². The van der Waals surface area contributed by atoms with Gasteiger partial charge in [-0.25, -0.2) is 0 Å². The maximum atomic E-state index is 10.3. The van der Waals surface area contributed by atoms with Crippen LogP contribution in [0.5, 0.6) is 0 Å². The predicted molar refractivity (Wildman–Crippen MR) is 430 cm³/mol. The highest BCUT2D eigenvalue weighted by atomic mass is 16.4. The molecule has 0 atom stereocenters. The van der Waals surface area contributed by atoms with E-state index in [2.05, 4.69) is 55.4 Å². The van der Waals surface area contributed by atoms with Crippen LogP contribution in [-0.4, -0.2) is 88.6 Å². The second-order valence-corrected chi connectivity index (χ2v) is 28.2. The number of carboxylic acid groups (broad SMARTS) is 8. The maximum Gasteiger partial charge on any atom is 0.303 e. The Hall–Kier alpha value is -4.24. The van der Waals surface area contributed by atoms with E-state index in [1.54, 1.807) is 0 Å². The van der Waals surface area contributed by atoms with Crippen molar-refractivity contribution in [2.45, 2.75) is 505 Å². The minimum absolute atomic E-state index is 0.341. The molecule has 0 fully saturated rings. The van der Waals surface area contributed by atoms with Crippen molar-refractivity contribution in [3.05, 3.63) is 0 Å².